The highest BCUT2D eigenvalue weighted by atomic mass is 16.5. The number of anilines is 1. The van der Waals surface area contributed by atoms with E-state index in [1.807, 2.05) is 6.07 Å². The molecule has 4 nitrogen and oxygen atoms in total. The van der Waals surface area contributed by atoms with Crippen LogP contribution in [0.3, 0.4) is 0 Å². The van der Waals surface area contributed by atoms with Gasteiger partial charge < -0.3 is 10.1 Å². The van der Waals surface area contributed by atoms with Crippen LogP contribution in [0.25, 0.3) is 0 Å². The van der Waals surface area contributed by atoms with Gasteiger partial charge in [0.05, 0.1) is 6.61 Å². The Balaban J connectivity index is 1.91. The number of ether oxygens (including phenoxy) is 1. The van der Waals surface area contributed by atoms with Crippen molar-refractivity contribution < 1.29 is 4.74 Å². The van der Waals surface area contributed by atoms with Crippen LogP contribution < -0.4 is 10.1 Å². The first kappa shape index (κ1) is 16.1. The van der Waals surface area contributed by atoms with Gasteiger partial charge >= 0.3 is 0 Å². The fourth-order valence-electron chi connectivity index (χ4n) is 2.15. The van der Waals surface area contributed by atoms with Crippen LogP contribution in [-0.2, 0) is 0 Å². The van der Waals surface area contributed by atoms with Gasteiger partial charge in [-0.05, 0) is 25.2 Å². The van der Waals surface area contributed by atoms with Crippen LogP contribution in [0.4, 0.5) is 5.82 Å². The molecule has 2 rings (SSSR count). The van der Waals surface area contributed by atoms with Crippen molar-refractivity contribution in [3.05, 3.63) is 11.9 Å². The molecule has 0 aliphatic heterocycles. The fourth-order valence-corrected chi connectivity index (χ4v) is 2.15. The van der Waals surface area contributed by atoms with Gasteiger partial charge in [-0.3, -0.25) is 0 Å². The summed E-state index contributed by atoms with van der Waals surface area (Å²) in [5, 5.41) is 3.42. The minimum Gasteiger partial charge on any atom is -0.477 e. The van der Waals surface area contributed by atoms with Crippen LogP contribution >= 0.6 is 0 Å². The van der Waals surface area contributed by atoms with Gasteiger partial charge in [-0.25, -0.2) is 4.98 Å². The smallest absolute Gasteiger partial charge is 0.218 e. The number of hydrogen-bond acceptors (Lipinski definition) is 4. The zero-order valence-corrected chi connectivity index (χ0v) is 13.7. The van der Waals surface area contributed by atoms with Crippen molar-refractivity contribution in [2.24, 2.45) is 5.92 Å². The van der Waals surface area contributed by atoms with Gasteiger partial charge in [0.25, 0.3) is 0 Å². The van der Waals surface area contributed by atoms with E-state index in [-0.39, 0.29) is 0 Å². The number of nitrogens with one attached hydrogen (secondary N) is 1. The molecular weight excluding hydrogens is 262 g/mol. The van der Waals surface area contributed by atoms with Crippen LogP contribution in [-0.4, -0.2) is 23.1 Å². The van der Waals surface area contributed by atoms with Crippen LogP contribution in [0.5, 0.6) is 5.88 Å². The average molecular weight is 291 g/mol. The summed E-state index contributed by atoms with van der Waals surface area (Å²) in [4.78, 5) is 9.19. The molecule has 1 aromatic rings. The topological polar surface area (TPSA) is 47.0 Å². The van der Waals surface area contributed by atoms with Crippen LogP contribution in [0.2, 0.25) is 0 Å². The van der Waals surface area contributed by atoms with Gasteiger partial charge in [-0.15, -0.1) is 0 Å². The maximum absolute atomic E-state index is 5.78. The Bertz CT molecular complexity index is 430. The highest BCUT2D eigenvalue weighted by molar-refractivity contribution is 5.39. The molecule has 0 amide bonds. The van der Waals surface area contributed by atoms with E-state index in [4.69, 9.17) is 4.74 Å². The van der Waals surface area contributed by atoms with Crippen LogP contribution in [0.1, 0.15) is 71.0 Å². The average Bonchev–Trinajstić information content (AvgIpc) is 3.29. The molecule has 1 aliphatic carbocycles. The summed E-state index contributed by atoms with van der Waals surface area (Å²) >= 11 is 0. The molecule has 0 radical (unpaired) electrons. The quantitative estimate of drug-likeness (QED) is 0.650. The molecule has 21 heavy (non-hydrogen) atoms. The monoisotopic (exact) mass is 291 g/mol. The first-order chi connectivity index (χ1) is 10.2. The van der Waals surface area contributed by atoms with E-state index in [0.29, 0.717) is 18.4 Å². The van der Waals surface area contributed by atoms with E-state index in [1.165, 1.54) is 38.5 Å². The lowest BCUT2D eigenvalue weighted by Gasteiger charge is -2.12. The van der Waals surface area contributed by atoms with E-state index < -0.39 is 0 Å². The van der Waals surface area contributed by atoms with Crippen molar-refractivity contribution >= 4 is 5.82 Å². The van der Waals surface area contributed by atoms with E-state index in [2.05, 4.69) is 36.1 Å². The van der Waals surface area contributed by atoms with Crippen LogP contribution in [0.15, 0.2) is 6.07 Å². The van der Waals surface area contributed by atoms with Gasteiger partial charge in [-0.1, -0.05) is 40.0 Å². The second-order valence-electron chi connectivity index (χ2n) is 6.42. The first-order valence-corrected chi connectivity index (χ1v) is 8.44. The SMILES string of the molecule is CCCCCCNc1cc(OCC(C)C)nc(C2CC2)n1. The number of nitrogens with zero attached hydrogens (tertiary/aromatic N) is 2. The third-order valence-electron chi connectivity index (χ3n) is 3.56. The molecule has 118 valence electrons. The highest BCUT2D eigenvalue weighted by Crippen LogP contribution is 2.39. The minimum atomic E-state index is 0.509. The van der Waals surface area contributed by atoms with Gasteiger partial charge in [0.1, 0.15) is 11.6 Å². The Hall–Kier alpha value is -1.32. The molecule has 1 saturated carbocycles. The molecule has 1 aliphatic rings. The summed E-state index contributed by atoms with van der Waals surface area (Å²) in [6.07, 6.45) is 7.47. The molecule has 0 spiro atoms. The van der Waals surface area contributed by atoms with Crippen molar-refractivity contribution in [3.63, 3.8) is 0 Å². The summed E-state index contributed by atoms with van der Waals surface area (Å²) in [5.74, 6) is 3.65. The summed E-state index contributed by atoms with van der Waals surface area (Å²) in [6, 6.07) is 1.94. The van der Waals surface area contributed by atoms with Crippen molar-refractivity contribution in [1.82, 2.24) is 9.97 Å². The number of rotatable bonds is 10. The van der Waals surface area contributed by atoms with E-state index in [1.54, 1.807) is 0 Å². The molecule has 1 heterocycles. The molecule has 1 N–H and O–H groups in total. The van der Waals surface area contributed by atoms with Gasteiger partial charge in [-0.2, -0.15) is 4.98 Å². The Morgan fingerprint density at radius 3 is 2.71 bits per heavy atom. The zero-order valence-electron chi connectivity index (χ0n) is 13.7. The van der Waals surface area contributed by atoms with Gasteiger partial charge in [0.2, 0.25) is 5.88 Å². The highest BCUT2D eigenvalue weighted by Gasteiger charge is 2.27. The van der Waals surface area contributed by atoms with E-state index in [0.717, 1.165) is 24.1 Å². The molecule has 0 saturated heterocycles. The third-order valence-corrected chi connectivity index (χ3v) is 3.56. The molecule has 0 atom stereocenters. The maximum Gasteiger partial charge on any atom is 0.218 e. The molecule has 1 fully saturated rings. The second-order valence-corrected chi connectivity index (χ2v) is 6.42. The van der Waals surface area contributed by atoms with Crippen molar-refractivity contribution in [2.45, 2.75) is 65.2 Å². The Morgan fingerprint density at radius 1 is 1.24 bits per heavy atom. The fraction of sp³-hybridized carbons (Fsp3) is 0.765. The minimum absolute atomic E-state index is 0.509. The maximum atomic E-state index is 5.78. The normalized spacial score (nSPS) is 14.5. The molecular formula is C17H29N3O. The third kappa shape index (κ3) is 5.90. The molecule has 0 aromatic carbocycles. The standard InChI is InChI=1S/C17H29N3O/c1-4-5-6-7-10-18-15-11-16(21-12-13(2)3)20-17(19-15)14-8-9-14/h11,13-14H,4-10,12H2,1-3H3,(H,18,19,20). The summed E-state index contributed by atoms with van der Waals surface area (Å²) in [5.41, 5.74) is 0. The lowest BCUT2D eigenvalue weighted by molar-refractivity contribution is 0.260. The first-order valence-electron chi connectivity index (χ1n) is 8.44. The summed E-state index contributed by atoms with van der Waals surface area (Å²) in [7, 11) is 0. The molecule has 0 bridgehead atoms. The van der Waals surface area contributed by atoms with E-state index >= 15 is 0 Å². The molecule has 1 aromatic heterocycles. The molecule has 0 unspecified atom stereocenters. The van der Waals surface area contributed by atoms with Gasteiger partial charge in [0.15, 0.2) is 0 Å². The van der Waals surface area contributed by atoms with Crippen molar-refractivity contribution in [3.8, 4) is 5.88 Å². The molecule has 4 heteroatoms. The van der Waals surface area contributed by atoms with Crippen molar-refractivity contribution in [2.75, 3.05) is 18.5 Å². The summed E-state index contributed by atoms with van der Waals surface area (Å²) < 4.78 is 5.78. The second kappa shape index (κ2) is 8.20. The Morgan fingerprint density at radius 2 is 2.05 bits per heavy atom. The summed E-state index contributed by atoms with van der Waals surface area (Å²) in [6.45, 7) is 8.21. The zero-order chi connectivity index (χ0) is 15.1. The Kier molecular flexibility index (Phi) is 6.27. The van der Waals surface area contributed by atoms with Gasteiger partial charge in [0, 0.05) is 18.5 Å². The van der Waals surface area contributed by atoms with Crippen LogP contribution in [0, 0.1) is 5.92 Å². The predicted molar refractivity (Wildman–Crippen MR) is 87.0 cm³/mol. The number of hydrogen-bond donors (Lipinski definition) is 1. The van der Waals surface area contributed by atoms with E-state index in [9.17, 15) is 0 Å². The largest absolute Gasteiger partial charge is 0.477 e. The van der Waals surface area contributed by atoms with Crippen molar-refractivity contribution in [1.29, 1.82) is 0 Å². The lowest BCUT2D eigenvalue weighted by Crippen LogP contribution is -2.10. The number of aromatic nitrogens is 2. The Labute approximate surface area is 128 Å². The predicted octanol–water partition coefficient (Wildman–Crippen LogP) is 4.38. The lowest BCUT2D eigenvalue weighted by atomic mass is 10.2. The number of unbranched alkanes of at least 4 members (excludes halogenated alkanes) is 3.